The second-order valence-electron chi connectivity index (χ2n) is 4.19. The van der Waals surface area contributed by atoms with E-state index in [2.05, 4.69) is 23.7 Å². The molecule has 1 aliphatic heterocycles. The summed E-state index contributed by atoms with van der Waals surface area (Å²) in [6, 6.07) is 3.89. The number of nitrogens with zero attached hydrogens (tertiary/aromatic N) is 2. The van der Waals surface area contributed by atoms with E-state index < -0.39 is 0 Å². The molecule has 0 aliphatic carbocycles. The molecule has 1 saturated heterocycles. The van der Waals surface area contributed by atoms with Crippen molar-refractivity contribution in [3.05, 3.63) is 23.4 Å². The fraction of sp³-hybridized carbons (Fsp3) is 0.545. The third-order valence-electron chi connectivity index (χ3n) is 3.02. The minimum Gasteiger partial charge on any atom is -0.356 e. The second-order valence-corrected chi connectivity index (χ2v) is 4.63. The van der Waals surface area contributed by atoms with Crippen molar-refractivity contribution in [2.24, 2.45) is 11.8 Å². The first-order valence-corrected chi connectivity index (χ1v) is 5.41. The molecule has 2 heterocycles. The second kappa shape index (κ2) is 3.77. The van der Waals surface area contributed by atoms with E-state index in [9.17, 15) is 0 Å². The van der Waals surface area contributed by atoms with Crippen molar-refractivity contribution in [3.8, 4) is 0 Å². The van der Waals surface area contributed by atoms with Gasteiger partial charge in [0.25, 0.3) is 0 Å². The van der Waals surface area contributed by atoms with Crippen molar-refractivity contribution in [2.75, 3.05) is 18.0 Å². The molecule has 2 atom stereocenters. The molecule has 2 unspecified atom stereocenters. The number of halogens is 1. The van der Waals surface area contributed by atoms with Crippen molar-refractivity contribution >= 4 is 17.4 Å². The van der Waals surface area contributed by atoms with Crippen molar-refractivity contribution < 1.29 is 0 Å². The summed E-state index contributed by atoms with van der Waals surface area (Å²) in [6.45, 7) is 6.80. The average Bonchev–Trinajstić information content (AvgIpc) is 2.48. The van der Waals surface area contributed by atoms with Crippen LogP contribution in [0.1, 0.15) is 13.8 Å². The van der Waals surface area contributed by atoms with Gasteiger partial charge in [0.1, 0.15) is 5.82 Å². The van der Waals surface area contributed by atoms with Crippen LogP contribution in [0.5, 0.6) is 0 Å². The fourth-order valence-corrected chi connectivity index (χ4v) is 1.98. The van der Waals surface area contributed by atoms with Crippen LogP contribution in [0, 0.1) is 11.8 Å². The standard InChI is InChI=1S/C11H15ClN2/c1-8-6-14(7-9(8)2)11-4-3-10(12)5-13-11/h3-5,8-9H,6-7H2,1-2H3. The fourth-order valence-electron chi connectivity index (χ4n) is 1.87. The Balaban J connectivity index is 2.13. The van der Waals surface area contributed by atoms with Gasteiger partial charge in [-0.15, -0.1) is 0 Å². The number of pyridine rings is 1. The van der Waals surface area contributed by atoms with Crippen LogP contribution in [0.25, 0.3) is 0 Å². The van der Waals surface area contributed by atoms with E-state index >= 15 is 0 Å². The van der Waals surface area contributed by atoms with E-state index in [1.165, 1.54) is 0 Å². The van der Waals surface area contributed by atoms with Crippen LogP contribution in [-0.2, 0) is 0 Å². The number of hydrogen-bond acceptors (Lipinski definition) is 2. The number of rotatable bonds is 1. The number of anilines is 1. The maximum atomic E-state index is 5.79. The lowest BCUT2D eigenvalue weighted by molar-refractivity contribution is 0.494. The van der Waals surface area contributed by atoms with Gasteiger partial charge in [0.2, 0.25) is 0 Å². The zero-order chi connectivity index (χ0) is 10.1. The van der Waals surface area contributed by atoms with Crippen molar-refractivity contribution in [1.29, 1.82) is 0 Å². The lowest BCUT2D eigenvalue weighted by atomic mass is 10.0. The highest BCUT2D eigenvalue weighted by Gasteiger charge is 2.26. The lowest BCUT2D eigenvalue weighted by Gasteiger charge is -2.16. The third-order valence-corrected chi connectivity index (χ3v) is 3.25. The molecule has 0 spiro atoms. The van der Waals surface area contributed by atoms with Gasteiger partial charge in [-0.3, -0.25) is 0 Å². The van der Waals surface area contributed by atoms with E-state index in [0.717, 1.165) is 30.7 Å². The highest BCUT2D eigenvalue weighted by atomic mass is 35.5. The largest absolute Gasteiger partial charge is 0.356 e. The first-order valence-electron chi connectivity index (χ1n) is 5.03. The van der Waals surface area contributed by atoms with Gasteiger partial charge in [-0.05, 0) is 24.0 Å². The third kappa shape index (κ3) is 1.85. The SMILES string of the molecule is CC1CN(c2ccc(Cl)cn2)CC1C. The molecule has 1 aromatic rings. The Morgan fingerprint density at radius 3 is 2.43 bits per heavy atom. The maximum absolute atomic E-state index is 5.79. The Morgan fingerprint density at radius 2 is 1.93 bits per heavy atom. The van der Waals surface area contributed by atoms with E-state index in [1.54, 1.807) is 6.20 Å². The van der Waals surface area contributed by atoms with Gasteiger partial charge in [-0.2, -0.15) is 0 Å². The molecule has 3 heteroatoms. The highest BCUT2D eigenvalue weighted by Crippen LogP contribution is 2.26. The summed E-state index contributed by atoms with van der Waals surface area (Å²) in [5.74, 6) is 2.56. The molecule has 76 valence electrons. The first-order chi connectivity index (χ1) is 6.66. The van der Waals surface area contributed by atoms with Gasteiger partial charge in [0, 0.05) is 19.3 Å². The molecule has 0 N–H and O–H groups in total. The smallest absolute Gasteiger partial charge is 0.128 e. The van der Waals surface area contributed by atoms with E-state index in [1.807, 2.05) is 12.1 Å². The quantitative estimate of drug-likeness (QED) is 0.709. The van der Waals surface area contributed by atoms with Gasteiger partial charge >= 0.3 is 0 Å². The van der Waals surface area contributed by atoms with E-state index in [-0.39, 0.29) is 0 Å². The minimum atomic E-state index is 0.703. The predicted octanol–water partition coefficient (Wildman–Crippen LogP) is 2.83. The summed E-state index contributed by atoms with van der Waals surface area (Å²) < 4.78 is 0. The van der Waals surface area contributed by atoms with Crippen LogP contribution in [0.3, 0.4) is 0 Å². The van der Waals surface area contributed by atoms with Gasteiger partial charge < -0.3 is 4.90 Å². The molecule has 0 aromatic carbocycles. The maximum Gasteiger partial charge on any atom is 0.128 e. The van der Waals surface area contributed by atoms with Crippen LogP contribution < -0.4 is 4.90 Å². The molecule has 1 aromatic heterocycles. The number of hydrogen-bond donors (Lipinski definition) is 0. The van der Waals surface area contributed by atoms with Gasteiger partial charge in [0.05, 0.1) is 5.02 Å². The lowest BCUT2D eigenvalue weighted by Crippen LogP contribution is -2.20. The monoisotopic (exact) mass is 210 g/mol. The van der Waals surface area contributed by atoms with Crippen LogP contribution in [0.2, 0.25) is 5.02 Å². The summed E-state index contributed by atoms with van der Waals surface area (Å²) in [5, 5.41) is 0.703. The molecular weight excluding hydrogens is 196 g/mol. The number of aromatic nitrogens is 1. The molecule has 2 rings (SSSR count). The molecule has 2 nitrogen and oxygen atoms in total. The topological polar surface area (TPSA) is 16.1 Å². The zero-order valence-corrected chi connectivity index (χ0v) is 9.33. The van der Waals surface area contributed by atoms with Gasteiger partial charge in [0.15, 0.2) is 0 Å². The van der Waals surface area contributed by atoms with Gasteiger partial charge in [-0.25, -0.2) is 4.98 Å². The molecule has 14 heavy (non-hydrogen) atoms. The van der Waals surface area contributed by atoms with Crippen LogP contribution >= 0.6 is 11.6 Å². The Hall–Kier alpha value is -0.760. The van der Waals surface area contributed by atoms with E-state index in [0.29, 0.717) is 5.02 Å². The molecule has 1 aliphatic rings. The summed E-state index contributed by atoms with van der Waals surface area (Å²) in [6.07, 6.45) is 1.71. The Kier molecular flexibility index (Phi) is 2.64. The summed E-state index contributed by atoms with van der Waals surface area (Å²) in [5.41, 5.74) is 0. The Morgan fingerprint density at radius 1 is 1.29 bits per heavy atom. The molecule has 0 radical (unpaired) electrons. The van der Waals surface area contributed by atoms with Crippen molar-refractivity contribution in [3.63, 3.8) is 0 Å². The zero-order valence-electron chi connectivity index (χ0n) is 8.57. The molecule has 1 fully saturated rings. The van der Waals surface area contributed by atoms with Crippen molar-refractivity contribution in [2.45, 2.75) is 13.8 Å². The summed E-state index contributed by atoms with van der Waals surface area (Å²) in [4.78, 5) is 6.65. The molecule has 0 amide bonds. The average molecular weight is 211 g/mol. The molecular formula is C11H15ClN2. The van der Waals surface area contributed by atoms with Crippen molar-refractivity contribution in [1.82, 2.24) is 4.98 Å². The van der Waals surface area contributed by atoms with E-state index in [4.69, 9.17) is 11.6 Å². The normalized spacial score (nSPS) is 26.9. The summed E-state index contributed by atoms with van der Waals surface area (Å²) >= 11 is 5.79. The van der Waals surface area contributed by atoms with Gasteiger partial charge in [-0.1, -0.05) is 25.4 Å². The first kappa shape index (κ1) is 9.78. The molecule has 0 saturated carbocycles. The summed E-state index contributed by atoms with van der Waals surface area (Å²) in [7, 11) is 0. The Bertz CT molecular complexity index is 300. The minimum absolute atomic E-state index is 0.703. The van der Waals surface area contributed by atoms with Crippen LogP contribution in [-0.4, -0.2) is 18.1 Å². The predicted molar refractivity (Wildman–Crippen MR) is 59.8 cm³/mol. The highest BCUT2D eigenvalue weighted by molar-refractivity contribution is 6.30. The van der Waals surface area contributed by atoms with Crippen LogP contribution in [0.15, 0.2) is 18.3 Å². The Labute approximate surface area is 89.9 Å². The van der Waals surface area contributed by atoms with Crippen LogP contribution in [0.4, 0.5) is 5.82 Å². The molecule has 0 bridgehead atoms.